The minimum Gasteiger partial charge on any atom is -0.494 e. The molecule has 0 aliphatic heterocycles. The second-order valence-electron chi connectivity index (χ2n) is 10.8. The third kappa shape index (κ3) is 11.7. The van der Waals surface area contributed by atoms with Crippen LogP contribution < -0.4 is 14.9 Å². The Hall–Kier alpha value is -3.67. The molecule has 0 spiro atoms. The second-order valence-corrected chi connectivity index (χ2v) is 10.8. The van der Waals surface area contributed by atoms with Crippen LogP contribution >= 0.6 is 0 Å². The van der Waals surface area contributed by atoms with Crippen LogP contribution in [0, 0.1) is 0 Å². The number of hydrogen-bond acceptors (Lipinski definition) is 5. The highest BCUT2D eigenvalue weighted by molar-refractivity contribution is 6.04. The standard InChI is InChI=1S/C36H48N2O4/c1-3-5-6-7-8-9-10-11-12-13-14-15-16-21-35(39)38-37-28-33-32-20-18-17-19-29(32)24-27-34(33)42-36(40)30-22-25-31(26-23-30)41-4-2/h17-20,22-28H,3-16,21H2,1-2H3,(H,38,39). The number of unbranched alkanes of at least 4 members (excludes halogenated alkanes) is 12. The molecular weight excluding hydrogens is 524 g/mol. The molecule has 0 aromatic heterocycles. The van der Waals surface area contributed by atoms with Gasteiger partial charge in [-0.3, -0.25) is 4.79 Å². The molecule has 3 rings (SSSR count). The number of carbonyl (C=O) groups excluding carboxylic acids is 2. The fourth-order valence-corrected chi connectivity index (χ4v) is 5.04. The van der Waals surface area contributed by atoms with Gasteiger partial charge in [0.05, 0.1) is 18.4 Å². The molecule has 1 N–H and O–H groups in total. The fourth-order valence-electron chi connectivity index (χ4n) is 5.04. The first-order chi connectivity index (χ1) is 20.6. The van der Waals surface area contributed by atoms with Crippen molar-refractivity contribution in [2.45, 2.75) is 104 Å². The molecular formula is C36H48N2O4. The molecule has 0 heterocycles. The zero-order valence-corrected chi connectivity index (χ0v) is 25.5. The van der Waals surface area contributed by atoms with Crippen molar-refractivity contribution >= 4 is 28.9 Å². The van der Waals surface area contributed by atoms with E-state index in [2.05, 4.69) is 17.5 Å². The molecule has 0 radical (unpaired) electrons. The number of benzene rings is 3. The minimum absolute atomic E-state index is 0.109. The number of fused-ring (bicyclic) bond motifs is 1. The molecule has 0 atom stereocenters. The van der Waals surface area contributed by atoms with Gasteiger partial charge in [0.1, 0.15) is 11.5 Å². The number of amides is 1. The van der Waals surface area contributed by atoms with Crippen molar-refractivity contribution in [3.05, 3.63) is 71.8 Å². The quantitative estimate of drug-likeness (QED) is 0.0481. The monoisotopic (exact) mass is 572 g/mol. The van der Waals surface area contributed by atoms with Gasteiger partial charge in [-0.1, -0.05) is 114 Å². The van der Waals surface area contributed by atoms with E-state index in [0.29, 0.717) is 35.7 Å². The van der Waals surface area contributed by atoms with Gasteiger partial charge < -0.3 is 9.47 Å². The maximum Gasteiger partial charge on any atom is 0.343 e. The van der Waals surface area contributed by atoms with Crippen LogP contribution in [-0.4, -0.2) is 24.7 Å². The first-order valence-electron chi connectivity index (χ1n) is 15.9. The molecule has 1 amide bonds. The van der Waals surface area contributed by atoms with Crippen molar-refractivity contribution in [3.8, 4) is 11.5 Å². The van der Waals surface area contributed by atoms with E-state index in [0.717, 1.165) is 23.6 Å². The number of esters is 1. The molecule has 0 saturated carbocycles. The predicted molar refractivity (Wildman–Crippen MR) is 173 cm³/mol. The summed E-state index contributed by atoms with van der Waals surface area (Å²) in [4.78, 5) is 25.3. The molecule has 0 unspecified atom stereocenters. The molecule has 0 bridgehead atoms. The van der Waals surface area contributed by atoms with Crippen molar-refractivity contribution in [3.63, 3.8) is 0 Å². The van der Waals surface area contributed by atoms with Crippen molar-refractivity contribution in [1.29, 1.82) is 0 Å². The molecule has 0 fully saturated rings. The minimum atomic E-state index is -0.477. The van der Waals surface area contributed by atoms with Crippen LogP contribution in [0.15, 0.2) is 65.8 Å². The Morgan fingerprint density at radius 3 is 2.00 bits per heavy atom. The first-order valence-corrected chi connectivity index (χ1v) is 15.9. The molecule has 226 valence electrons. The van der Waals surface area contributed by atoms with E-state index in [-0.39, 0.29) is 5.91 Å². The number of nitrogens with zero attached hydrogens (tertiary/aromatic N) is 1. The van der Waals surface area contributed by atoms with Crippen molar-refractivity contribution in [2.24, 2.45) is 5.10 Å². The van der Waals surface area contributed by atoms with E-state index < -0.39 is 5.97 Å². The predicted octanol–water partition coefficient (Wildman–Crippen LogP) is 9.39. The van der Waals surface area contributed by atoms with E-state index >= 15 is 0 Å². The third-order valence-corrected chi connectivity index (χ3v) is 7.42. The van der Waals surface area contributed by atoms with Crippen LogP contribution in [0.4, 0.5) is 0 Å². The number of hydrazone groups is 1. The summed E-state index contributed by atoms with van der Waals surface area (Å²) in [6.45, 7) is 4.73. The van der Waals surface area contributed by atoms with Gasteiger partial charge in [0.25, 0.3) is 0 Å². The average Bonchev–Trinajstić information content (AvgIpc) is 3.01. The maximum absolute atomic E-state index is 12.9. The van der Waals surface area contributed by atoms with Crippen LogP contribution in [0.2, 0.25) is 0 Å². The summed E-state index contributed by atoms with van der Waals surface area (Å²) < 4.78 is 11.2. The highest BCUT2D eigenvalue weighted by Gasteiger charge is 2.14. The van der Waals surface area contributed by atoms with Crippen LogP contribution in [0.3, 0.4) is 0 Å². The van der Waals surface area contributed by atoms with Gasteiger partial charge in [-0.25, -0.2) is 10.2 Å². The molecule has 6 heteroatoms. The number of rotatable bonds is 20. The lowest BCUT2D eigenvalue weighted by atomic mass is 10.0. The molecule has 0 aliphatic rings. The Balaban J connectivity index is 1.43. The van der Waals surface area contributed by atoms with Gasteiger partial charge in [-0.2, -0.15) is 5.10 Å². The van der Waals surface area contributed by atoms with Crippen molar-refractivity contribution in [1.82, 2.24) is 5.43 Å². The van der Waals surface area contributed by atoms with E-state index in [9.17, 15) is 9.59 Å². The van der Waals surface area contributed by atoms with Crippen LogP contribution in [-0.2, 0) is 4.79 Å². The summed E-state index contributed by atoms with van der Waals surface area (Å²) in [5.74, 6) is 0.487. The Morgan fingerprint density at radius 2 is 1.36 bits per heavy atom. The Labute approximate surface area is 251 Å². The van der Waals surface area contributed by atoms with E-state index in [4.69, 9.17) is 9.47 Å². The Morgan fingerprint density at radius 1 is 0.738 bits per heavy atom. The second kappa shape index (κ2) is 19.5. The van der Waals surface area contributed by atoms with Crippen molar-refractivity contribution < 1.29 is 19.1 Å². The lowest BCUT2D eigenvalue weighted by molar-refractivity contribution is -0.121. The Kier molecular flexibility index (Phi) is 15.2. The van der Waals surface area contributed by atoms with Gasteiger partial charge in [0, 0.05) is 12.0 Å². The highest BCUT2D eigenvalue weighted by Crippen LogP contribution is 2.28. The zero-order valence-electron chi connectivity index (χ0n) is 25.5. The van der Waals surface area contributed by atoms with E-state index in [1.54, 1.807) is 36.5 Å². The lowest BCUT2D eigenvalue weighted by Gasteiger charge is -2.11. The summed E-state index contributed by atoms with van der Waals surface area (Å²) in [6.07, 6.45) is 18.5. The topological polar surface area (TPSA) is 77.0 Å². The fraction of sp³-hybridized carbons (Fsp3) is 0.472. The Bertz CT molecular complexity index is 1250. The van der Waals surface area contributed by atoms with E-state index in [1.165, 1.54) is 70.6 Å². The number of hydrogen-bond donors (Lipinski definition) is 1. The molecule has 42 heavy (non-hydrogen) atoms. The first kappa shape index (κ1) is 32.8. The number of nitrogens with one attached hydrogen (secondary N) is 1. The highest BCUT2D eigenvalue weighted by atomic mass is 16.5. The number of carbonyl (C=O) groups is 2. The van der Waals surface area contributed by atoms with Gasteiger partial charge >= 0.3 is 5.97 Å². The normalized spacial score (nSPS) is 11.2. The van der Waals surface area contributed by atoms with Crippen LogP contribution in [0.1, 0.15) is 120 Å². The van der Waals surface area contributed by atoms with Crippen molar-refractivity contribution in [2.75, 3.05) is 6.61 Å². The lowest BCUT2D eigenvalue weighted by Crippen LogP contribution is -2.17. The average molecular weight is 573 g/mol. The van der Waals surface area contributed by atoms with Crippen LogP contribution in [0.5, 0.6) is 11.5 Å². The van der Waals surface area contributed by atoms with Gasteiger partial charge in [-0.15, -0.1) is 0 Å². The zero-order chi connectivity index (χ0) is 29.8. The summed E-state index contributed by atoms with van der Waals surface area (Å²) in [5.41, 5.74) is 3.70. The van der Waals surface area contributed by atoms with Gasteiger partial charge in [0.2, 0.25) is 5.91 Å². The van der Waals surface area contributed by atoms with Crippen LogP contribution in [0.25, 0.3) is 10.8 Å². The number of ether oxygens (including phenoxy) is 2. The molecule has 6 nitrogen and oxygen atoms in total. The molecule has 0 aliphatic carbocycles. The summed E-state index contributed by atoms with van der Waals surface area (Å²) >= 11 is 0. The van der Waals surface area contributed by atoms with E-state index in [1.807, 2.05) is 37.3 Å². The summed E-state index contributed by atoms with van der Waals surface area (Å²) in [7, 11) is 0. The summed E-state index contributed by atoms with van der Waals surface area (Å²) in [5, 5.41) is 6.08. The largest absolute Gasteiger partial charge is 0.494 e. The van der Waals surface area contributed by atoms with Gasteiger partial charge in [-0.05, 0) is 54.4 Å². The maximum atomic E-state index is 12.9. The summed E-state index contributed by atoms with van der Waals surface area (Å²) in [6, 6.07) is 18.3. The SMILES string of the molecule is CCCCCCCCCCCCCCCC(=O)NN=Cc1c(OC(=O)c2ccc(OCC)cc2)ccc2ccccc12. The molecule has 3 aromatic rings. The smallest absolute Gasteiger partial charge is 0.343 e. The third-order valence-electron chi connectivity index (χ3n) is 7.42. The molecule has 3 aromatic carbocycles. The molecule has 0 saturated heterocycles. The van der Waals surface area contributed by atoms with Gasteiger partial charge in [0.15, 0.2) is 0 Å².